The maximum atomic E-state index is 11.0. The SMILES string of the molecule is CC(CCS(C)=O)Nc1nccc(C#N)c1[N+](=O)[O-]. The lowest BCUT2D eigenvalue weighted by Crippen LogP contribution is -2.19. The molecular formula is C11H14N4O3S. The second-order valence-corrected chi connectivity index (χ2v) is 5.59. The van der Waals surface area contributed by atoms with Crippen LogP contribution < -0.4 is 5.32 Å². The summed E-state index contributed by atoms with van der Waals surface area (Å²) in [6.07, 6.45) is 3.54. The van der Waals surface area contributed by atoms with Crippen LogP contribution in [0.3, 0.4) is 0 Å². The number of anilines is 1. The number of nitrogens with zero attached hydrogens (tertiary/aromatic N) is 3. The van der Waals surface area contributed by atoms with Crippen molar-refractivity contribution in [3.8, 4) is 6.07 Å². The van der Waals surface area contributed by atoms with Crippen LogP contribution in [0.4, 0.5) is 11.5 Å². The van der Waals surface area contributed by atoms with E-state index in [-0.39, 0.29) is 23.1 Å². The molecule has 0 fully saturated rings. The van der Waals surface area contributed by atoms with Crippen LogP contribution in [0, 0.1) is 21.4 Å². The molecule has 1 N–H and O–H groups in total. The number of aromatic nitrogens is 1. The second-order valence-electron chi connectivity index (χ2n) is 4.04. The van der Waals surface area contributed by atoms with Crippen LogP contribution in [-0.4, -0.2) is 32.2 Å². The predicted octanol–water partition coefficient (Wildman–Crippen LogP) is 1.43. The van der Waals surface area contributed by atoms with E-state index in [9.17, 15) is 14.3 Å². The molecule has 0 amide bonds. The highest BCUT2D eigenvalue weighted by Gasteiger charge is 2.22. The summed E-state index contributed by atoms with van der Waals surface area (Å²) >= 11 is 0. The first-order valence-corrected chi connectivity index (χ1v) is 7.28. The minimum atomic E-state index is -0.911. The topological polar surface area (TPSA) is 109 Å². The lowest BCUT2D eigenvalue weighted by atomic mass is 10.2. The molecule has 0 spiro atoms. The van der Waals surface area contributed by atoms with E-state index in [4.69, 9.17) is 5.26 Å². The van der Waals surface area contributed by atoms with Crippen LogP contribution in [0.5, 0.6) is 0 Å². The van der Waals surface area contributed by atoms with E-state index >= 15 is 0 Å². The van der Waals surface area contributed by atoms with Crippen molar-refractivity contribution < 1.29 is 9.13 Å². The van der Waals surface area contributed by atoms with Gasteiger partial charge in [-0.2, -0.15) is 5.26 Å². The fourth-order valence-electron chi connectivity index (χ4n) is 1.48. The van der Waals surface area contributed by atoms with Gasteiger partial charge in [0.15, 0.2) is 0 Å². The molecule has 0 saturated carbocycles. The Morgan fingerprint density at radius 1 is 1.68 bits per heavy atom. The van der Waals surface area contributed by atoms with Gasteiger partial charge in [-0.15, -0.1) is 0 Å². The molecule has 0 bridgehead atoms. The van der Waals surface area contributed by atoms with E-state index in [0.717, 1.165) is 0 Å². The van der Waals surface area contributed by atoms with Gasteiger partial charge in [-0.05, 0) is 19.4 Å². The lowest BCUT2D eigenvalue weighted by molar-refractivity contribution is -0.384. The third kappa shape index (κ3) is 4.30. The van der Waals surface area contributed by atoms with E-state index in [1.54, 1.807) is 12.3 Å². The average Bonchev–Trinajstić information content (AvgIpc) is 2.35. The van der Waals surface area contributed by atoms with E-state index in [2.05, 4.69) is 10.3 Å². The molecule has 2 atom stereocenters. The van der Waals surface area contributed by atoms with Gasteiger partial charge in [0.1, 0.15) is 11.6 Å². The van der Waals surface area contributed by atoms with Crippen molar-refractivity contribution in [3.63, 3.8) is 0 Å². The van der Waals surface area contributed by atoms with Crippen LogP contribution >= 0.6 is 0 Å². The Balaban J connectivity index is 2.92. The zero-order chi connectivity index (χ0) is 14.4. The average molecular weight is 282 g/mol. The van der Waals surface area contributed by atoms with E-state index < -0.39 is 15.7 Å². The molecule has 1 aromatic rings. The van der Waals surface area contributed by atoms with Crippen molar-refractivity contribution in [2.45, 2.75) is 19.4 Å². The maximum Gasteiger partial charge on any atom is 0.328 e. The summed E-state index contributed by atoms with van der Waals surface area (Å²) < 4.78 is 11.0. The summed E-state index contributed by atoms with van der Waals surface area (Å²) in [5.41, 5.74) is -0.358. The molecule has 0 aliphatic rings. The molecule has 0 saturated heterocycles. The standard InChI is InChI=1S/C11H14N4O3S/c1-8(4-6-19(2)18)14-11-10(15(16)17)9(7-12)3-5-13-11/h3,5,8H,4,6H2,1-2H3,(H,13,14). The van der Waals surface area contributed by atoms with Gasteiger partial charge in [0, 0.05) is 35.0 Å². The van der Waals surface area contributed by atoms with Crippen molar-refractivity contribution in [1.29, 1.82) is 5.26 Å². The summed E-state index contributed by atoms with van der Waals surface area (Å²) in [7, 11) is -0.911. The number of nitriles is 1. The minimum absolute atomic E-state index is 0.0335. The minimum Gasteiger partial charge on any atom is -0.362 e. The van der Waals surface area contributed by atoms with Gasteiger partial charge in [-0.3, -0.25) is 14.3 Å². The molecule has 2 unspecified atom stereocenters. The molecule has 0 aliphatic carbocycles. The highest BCUT2D eigenvalue weighted by Crippen LogP contribution is 2.26. The first kappa shape index (κ1) is 15.0. The summed E-state index contributed by atoms with van der Waals surface area (Å²) in [5, 5.41) is 22.7. The largest absolute Gasteiger partial charge is 0.362 e. The number of nitrogens with one attached hydrogen (secondary N) is 1. The van der Waals surface area contributed by atoms with Gasteiger partial charge in [0.2, 0.25) is 5.82 Å². The highest BCUT2D eigenvalue weighted by atomic mass is 32.2. The molecular weight excluding hydrogens is 268 g/mol. The Morgan fingerprint density at radius 2 is 2.37 bits per heavy atom. The van der Waals surface area contributed by atoms with Crippen molar-refractivity contribution in [3.05, 3.63) is 27.9 Å². The molecule has 1 aromatic heterocycles. The number of rotatable bonds is 6. The van der Waals surface area contributed by atoms with Crippen LogP contribution in [-0.2, 0) is 10.8 Å². The quantitative estimate of drug-likeness (QED) is 0.624. The van der Waals surface area contributed by atoms with Crippen molar-refractivity contribution in [2.75, 3.05) is 17.3 Å². The molecule has 8 heteroatoms. The Hall–Kier alpha value is -2.01. The van der Waals surface area contributed by atoms with Gasteiger partial charge >= 0.3 is 5.69 Å². The number of nitro groups is 1. The first-order chi connectivity index (χ1) is 8.95. The Morgan fingerprint density at radius 3 is 2.89 bits per heavy atom. The molecule has 19 heavy (non-hydrogen) atoms. The zero-order valence-electron chi connectivity index (χ0n) is 10.6. The molecule has 0 aromatic carbocycles. The van der Waals surface area contributed by atoms with Crippen molar-refractivity contribution >= 4 is 22.3 Å². The third-order valence-electron chi connectivity index (χ3n) is 2.45. The van der Waals surface area contributed by atoms with Crippen LogP contribution in [0.15, 0.2) is 12.3 Å². The fraction of sp³-hybridized carbons (Fsp3) is 0.455. The van der Waals surface area contributed by atoms with Gasteiger partial charge in [0.25, 0.3) is 0 Å². The first-order valence-electron chi connectivity index (χ1n) is 5.55. The van der Waals surface area contributed by atoms with Gasteiger partial charge in [0.05, 0.1) is 4.92 Å². The summed E-state index contributed by atoms with van der Waals surface area (Å²) in [6.45, 7) is 1.82. The number of hydrogen-bond donors (Lipinski definition) is 1. The molecule has 7 nitrogen and oxygen atoms in total. The number of pyridine rings is 1. The fourth-order valence-corrected chi connectivity index (χ4v) is 2.17. The molecule has 1 rings (SSSR count). The van der Waals surface area contributed by atoms with Crippen molar-refractivity contribution in [2.24, 2.45) is 0 Å². The van der Waals surface area contributed by atoms with Crippen LogP contribution in [0.1, 0.15) is 18.9 Å². The van der Waals surface area contributed by atoms with Gasteiger partial charge in [-0.25, -0.2) is 4.98 Å². The third-order valence-corrected chi connectivity index (χ3v) is 3.26. The Bertz CT molecular complexity index is 541. The molecule has 0 aliphatic heterocycles. The normalized spacial score (nSPS) is 13.3. The molecule has 102 valence electrons. The smallest absolute Gasteiger partial charge is 0.328 e. The van der Waals surface area contributed by atoms with E-state index in [0.29, 0.717) is 12.2 Å². The van der Waals surface area contributed by atoms with E-state index in [1.165, 1.54) is 12.3 Å². The van der Waals surface area contributed by atoms with Crippen molar-refractivity contribution in [1.82, 2.24) is 4.98 Å². The van der Waals surface area contributed by atoms with E-state index in [1.807, 2.05) is 6.92 Å². The maximum absolute atomic E-state index is 11.0. The summed E-state index contributed by atoms with van der Waals surface area (Å²) in [5.74, 6) is 0.568. The van der Waals surface area contributed by atoms with Crippen LogP contribution in [0.25, 0.3) is 0 Å². The highest BCUT2D eigenvalue weighted by molar-refractivity contribution is 7.84. The Kier molecular flexibility index (Phi) is 5.38. The molecule has 0 radical (unpaired) electrons. The van der Waals surface area contributed by atoms with Crippen LogP contribution in [0.2, 0.25) is 0 Å². The zero-order valence-corrected chi connectivity index (χ0v) is 11.4. The lowest BCUT2D eigenvalue weighted by Gasteiger charge is -2.13. The number of hydrogen-bond acceptors (Lipinski definition) is 6. The second kappa shape index (κ2) is 6.80. The Labute approximate surface area is 113 Å². The monoisotopic (exact) mass is 282 g/mol. The molecule has 1 heterocycles. The summed E-state index contributed by atoms with van der Waals surface area (Å²) in [4.78, 5) is 14.2. The summed E-state index contributed by atoms with van der Waals surface area (Å²) in [6, 6.07) is 2.95. The van der Waals surface area contributed by atoms with Gasteiger partial charge < -0.3 is 5.32 Å². The predicted molar refractivity (Wildman–Crippen MR) is 72.2 cm³/mol. The van der Waals surface area contributed by atoms with Gasteiger partial charge in [-0.1, -0.05) is 0 Å².